The number of benzene rings is 4. The van der Waals surface area contributed by atoms with E-state index in [2.05, 4.69) is 127 Å². The van der Waals surface area contributed by atoms with Crippen LogP contribution in [0.2, 0.25) is 0 Å². The fourth-order valence-corrected chi connectivity index (χ4v) is 3.46. The van der Waals surface area contributed by atoms with Crippen LogP contribution in [0.4, 0.5) is 0 Å². The molecule has 0 nitrogen and oxygen atoms in total. The second-order valence-electron chi connectivity index (χ2n) is 6.53. The highest BCUT2D eigenvalue weighted by molar-refractivity contribution is 14.1. The maximum absolute atomic E-state index is 2.34. The van der Waals surface area contributed by atoms with Crippen molar-refractivity contribution in [2.75, 3.05) is 0 Å². The summed E-state index contributed by atoms with van der Waals surface area (Å²) in [5.41, 5.74) is 8.80. The van der Waals surface area contributed by atoms with Crippen LogP contribution in [0.15, 0.2) is 97.1 Å². The molecule has 0 spiro atoms. The lowest BCUT2D eigenvalue weighted by molar-refractivity contribution is 1.47. The molecular weight excluding hydrogens is 427 g/mol. The van der Waals surface area contributed by atoms with Crippen molar-refractivity contribution in [2.45, 2.75) is 6.92 Å². The Labute approximate surface area is 168 Å². The highest BCUT2D eigenvalue weighted by Crippen LogP contribution is 2.27. The Balaban J connectivity index is 1.57. The van der Waals surface area contributed by atoms with Gasteiger partial charge in [0.15, 0.2) is 0 Å². The van der Waals surface area contributed by atoms with Crippen LogP contribution in [0, 0.1) is 10.5 Å². The van der Waals surface area contributed by atoms with E-state index in [1.165, 1.54) is 42.5 Å². The summed E-state index contributed by atoms with van der Waals surface area (Å²) >= 11 is 2.34. The first-order chi connectivity index (χ1) is 12.7. The Morgan fingerprint density at radius 2 is 0.615 bits per heavy atom. The molecule has 0 aliphatic rings. The zero-order chi connectivity index (χ0) is 17.9. The molecule has 4 rings (SSSR count). The third-order valence-corrected chi connectivity index (χ3v) is 5.38. The van der Waals surface area contributed by atoms with Gasteiger partial charge in [0.05, 0.1) is 0 Å². The van der Waals surface area contributed by atoms with Crippen molar-refractivity contribution in [2.24, 2.45) is 0 Å². The molecule has 0 unspecified atom stereocenters. The van der Waals surface area contributed by atoms with Crippen LogP contribution in [0.25, 0.3) is 33.4 Å². The van der Waals surface area contributed by atoms with E-state index < -0.39 is 0 Å². The molecule has 4 aromatic rings. The Kier molecular flexibility index (Phi) is 4.89. The van der Waals surface area contributed by atoms with Gasteiger partial charge in [-0.05, 0) is 75.0 Å². The normalized spacial score (nSPS) is 10.7. The lowest BCUT2D eigenvalue weighted by Gasteiger charge is -2.07. The van der Waals surface area contributed by atoms with Gasteiger partial charge in [-0.25, -0.2) is 0 Å². The Morgan fingerprint density at radius 1 is 0.385 bits per heavy atom. The van der Waals surface area contributed by atoms with Crippen LogP contribution in [-0.2, 0) is 0 Å². The van der Waals surface area contributed by atoms with E-state index in [1.54, 1.807) is 0 Å². The zero-order valence-corrected chi connectivity index (χ0v) is 16.8. The number of hydrogen-bond acceptors (Lipinski definition) is 0. The summed E-state index contributed by atoms with van der Waals surface area (Å²) in [6, 6.07) is 34.9. The average Bonchev–Trinajstić information content (AvgIpc) is 2.70. The maximum atomic E-state index is 2.34. The van der Waals surface area contributed by atoms with Gasteiger partial charge in [0.2, 0.25) is 0 Å². The van der Waals surface area contributed by atoms with E-state index in [9.17, 15) is 0 Å². The maximum Gasteiger partial charge on any atom is 0.0130 e. The molecule has 0 saturated heterocycles. The van der Waals surface area contributed by atoms with E-state index >= 15 is 0 Å². The molecule has 0 amide bonds. The minimum absolute atomic E-state index is 1.25. The predicted octanol–water partition coefficient (Wildman–Crippen LogP) is 7.60. The fourth-order valence-electron chi connectivity index (χ4n) is 3.10. The van der Waals surface area contributed by atoms with Crippen LogP contribution >= 0.6 is 22.6 Å². The van der Waals surface area contributed by atoms with Crippen molar-refractivity contribution in [1.29, 1.82) is 0 Å². The molecule has 26 heavy (non-hydrogen) atoms. The summed E-state index contributed by atoms with van der Waals surface area (Å²) in [5, 5.41) is 0. The lowest BCUT2D eigenvalue weighted by atomic mass is 9.98. The predicted molar refractivity (Wildman–Crippen MR) is 120 cm³/mol. The molecule has 0 radical (unpaired) electrons. The SMILES string of the molecule is Cc1ccc(-c2ccc(-c3ccc(-c4ccc(I)cc4)cc3)cc2)cc1. The molecule has 0 aliphatic carbocycles. The molecule has 0 heterocycles. The minimum atomic E-state index is 1.25. The molecule has 0 N–H and O–H groups in total. The molecule has 1 heteroatoms. The Morgan fingerprint density at radius 3 is 0.923 bits per heavy atom. The smallest absolute Gasteiger partial charge is 0.0130 e. The summed E-state index contributed by atoms with van der Waals surface area (Å²) < 4.78 is 1.26. The number of aryl methyl sites for hydroxylation is 1. The second kappa shape index (κ2) is 7.46. The first kappa shape index (κ1) is 17.0. The van der Waals surface area contributed by atoms with Crippen molar-refractivity contribution >= 4 is 22.6 Å². The molecule has 0 aliphatic heterocycles. The third-order valence-electron chi connectivity index (χ3n) is 4.67. The molecule has 0 fully saturated rings. The minimum Gasteiger partial charge on any atom is -0.0587 e. The molecule has 4 aromatic carbocycles. The van der Waals surface area contributed by atoms with E-state index in [-0.39, 0.29) is 0 Å². The number of halogens is 1. The highest BCUT2D eigenvalue weighted by atomic mass is 127. The quantitative estimate of drug-likeness (QED) is 0.284. The van der Waals surface area contributed by atoms with Crippen LogP contribution < -0.4 is 0 Å². The van der Waals surface area contributed by atoms with Gasteiger partial charge in [0.25, 0.3) is 0 Å². The number of rotatable bonds is 3. The van der Waals surface area contributed by atoms with Crippen molar-refractivity contribution in [3.63, 3.8) is 0 Å². The van der Waals surface area contributed by atoms with Crippen LogP contribution in [0.3, 0.4) is 0 Å². The Bertz CT molecular complexity index is 907. The summed E-state index contributed by atoms with van der Waals surface area (Å²) in [7, 11) is 0. The standard InChI is InChI=1S/C25H19I/c1-18-2-4-19(5-3-18)20-6-8-21(9-7-20)22-10-12-23(13-11-22)24-14-16-25(26)17-15-24/h2-17H,1H3. The molecule has 0 atom stereocenters. The molecule has 0 saturated carbocycles. The molecule has 126 valence electrons. The lowest BCUT2D eigenvalue weighted by Crippen LogP contribution is -1.82. The fraction of sp³-hybridized carbons (Fsp3) is 0.0400. The van der Waals surface area contributed by atoms with Gasteiger partial charge in [0, 0.05) is 3.57 Å². The summed E-state index contributed by atoms with van der Waals surface area (Å²) in [6.45, 7) is 2.12. The summed E-state index contributed by atoms with van der Waals surface area (Å²) in [4.78, 5) is 0. The van der Waals surface area contributed by atoms with Crippen LogP contribution in [-0.4, -0.2) is 0 Å². The largest absolute Gasteiger partial charge is 0.0587 e. The second-order valence-corrected chi connectivity index (χ2v) is 7.77. The van der Waals surface area contributed by atoms with Crippen molar-refractivity contribution in [3.8, 4) is 33.4 Å². The van der Waals surface area contributed by atoms with Crippen molar-refractivity contribution in [3.05, 3.63) is 106 Å². The average molecular weight is 446 g/mol. The molecular formula is C25H19I. The van der Waals surface area contributed by atoms with Crippen molar-refractivity contribution < 1.29 is 0 Å². The highest BCUT2D eigenvalue weighted by Gasteiger charge is 2.02. The van der Waals surface area contributed by atoms with Crippen LogP contribution in [0.5, 0.6) is 0 Å². The van der Waals surface area contributed by atoms with Gasteiger partial charge in [-0.1, -0.05) is 90.5 Å². The number of hydrogen-bond donors (Lipinski definition) is 0. The van der Waals surface area contributed by atoms with E-state index in [0.29, 0.717) is 0 Å². The monoisotopic (exact) mass is 446 g/mol. The topological polar surface area (TPSA) is 0 Å². The van der Waals surface area contributed by atoms with Crippen LogP contribution in [0.1, 0.15) is 5.56 Å². The van der Waals surface area contributed by atoms with Gasteiger partial charge in [0.1, 0.15) is 0 Å². The third kappa shape index (κ3) is 3.73. The first-order valence-corrected chi connectivity index (χ1v) is 9.80. The molecule has 0 bridgehead atoms. The van der Waals surface area contributed by atoms with Gasteiger partial charge in [-0.2, -0.15) is 0 Å². The van der Waals surface area contributed by atoms with E-state index in [4.69, 9.17) is 0 Å². The van der Waals surface area contributed by atoms with Gasteiger partial charge < -0.3 is 0 Å². The van der Waals surface area contributed by atoms with Gasteiger partial charge >= 0.3 is 0 Å². The molecule has 0 aromatic heterocycles. The zero-order valence-electron chi connectivity index (χ0n) is 14.6. The summed E-state index contributed by atoms with van der Waals surface area (Å²) in [6.07, 6.45) is 0. The van der Waals surface area contributed by atoms with E-state index in [0.717, 1.165) is 0 Å². The Hall–Kier alpha value is -2.39. The van der Waals surface area contributed by atoms with Crippen molar-refractivity contribution in [1.82, 2.24) is 0 Å². The van der Waals surface area contributed by atoms with Gasteiger partial charge in [-0.15, -0.1) is 0 Å². The van der Waals surface area contributed by atoms with Gasteiger partial charge in [-0.3, -0.25) is 0 Å². The summed E-state index contributed by atoms with van der Waals surface area (Å²) in [5.74, 6) is 0. The van der Waals surface area contributed by atoms with E-state index in [1.807, 2.05) is 0 Å². The first-order valence-electron chi connectivity index (χ1n) is 8.72.